The van der Waals surface area contributed by atoms with Crippen LogP contribution in [0.5, 0.6) is 0 Å². The molecule has 2 heterocycles. The number of hydrazone groups is 1. The first-order chi connectivity index (χ1) is 21.3. The number of hydrazine groups is 2. The summed E-state index contributed by atoms with van der Waals surface area (Å²) in [6, 6.07) is 3.82. The molecule has 4 aliphatic rings. The summed E-state index contributed by atoms with van der Waals surface area (Å²) >= 11 is 0. The normalized spacial score (nSPS) is 20.8. The van der Waals surface area contributed by atoms with Crippen molar-refractivity contribution in [2.75, 3.05) is 32.1 Å². The van der Waals surface area contributed by atoms with Crippen molar-refractivity contribution in [3.05, 3.63) is 75.4 Å². The zero-order chi connectivity index (χ0) is 32.1. The minimum atomic E-state index is -4.93. The molecule has 6 nitrogen and oxygen atoms in total. The van der Waals surface area contributed by atoms with Gasteiger partial charge in [0.15, 0.2) is 0 Å². The van der Waals surface area contributed by atoms with Crippen LogP contribution in [0.4, 0.5) is 32.0 Å². The summed E-state index contributed by atoms with van der Waals surface area (Å²) in [6.07, 6.45) is 2.35. The van der Waals surface area contributed by atoms with Gasteiger partial charge in [0.1, 0.15) is 0 Å². The molecule has 0 spiro atoms. The van der Waals surface area contributed by atoms with Crippen LogP contribution in [-0.2, 0) is 31.7 Å². The van der Waals surface area contributed by atoms with Crippen LogP contribution in [0, 0.1) is 12.8 Å². The van der Waals surface area contributed by atoms with Gasteiger partial charge in [-0.1, -0.05) is 18.2 Å². The number of fused-ring (bicyclic) bond motifs is 2. The van der Waals surface area contributed by atoms with Gasteiger partial charge in [-0.3, -0.25) is 5.01 Å². The molecular formula is C33H40F6N6. The largest absolute Gasteiger partial charge is 0.416 e. The fraction of sp³-hybridized carbons (Fsp3) is 0.545. The van der Waals surface area contributed by atoms with Crippen molar-refractivity contribution in [1.29, 1.82) is 0 Å². The number of benzene rings is 2. The number of halogens is 6. The zero-order valence-corrected chi connectivity index (χ0v) is 25.9. The fourth-order valence-corrected chi connectivity index (χ4v) is 7.55. The van der Waals surface area contributed by atoms with Gasteiger partial charge in [-0.15, -0.1) is 10.6 Å². The maximum Gasteiger partial charge on any atom is 0.416 e. The van der Waals surface area contributed by atoms with Gasteiger partial charge in [-0.2, -0.15) is 26.3 Å². The molecule has 45 heavy (non-hydrogen) atoms. The first kappa shape index (κ1) is 31.6. The lowest BCUT2D eigenvalue weighted by Crippen LogP contribution is -2.46. The quantitative estimate of drug-likeness (QED) is 0.271. The molecule has 0 saturated heterocycles. The lowest BCUT2D eigenvalue weighted by molar-refractivity contribution is -0.143. The standard InChI is InChI=1S/C33H40F6N6/c1-21-27-12-7-6-11-24(27)17-28-29(13-8-14-44(30(21)28)19-22-9-4-5-10-22)45(31-40-43(3)41-42(31)2)20-23-15-25(32(34,35)36)18-26(16-23)33(37,38)39/h4-5,15-18,22,29,41H,6-14,19-20H2,1-3H3/t29-/m0/s1. The third kappa shape index (κ3) is 6.48. The van der Waals surface area contributed by atoms with E-state index in [4.69, 9.17) is 0 Å². The zero-order valence-electron chi connectivity index (χ0n) is 25.9. The van der Waals surface area contributed by atoms with Crippen LogP contribution in [0.3, 0.4) is 0 Å². The van der Waals surface area contributed by atoms with E-state index in [1.165, 1.54) is 21.8 Å². The highest BCUT2D eigenvalue weighted by atomic mass is 19.4. The number of anilines is 1. The number of alkyl halides is 6. The van der Waals surface area contributed by atoms with Gasteiger partial charge in [-0.05, 0) is 110 Å². The predicted octanol–water partition coefficient (Wildman–Crippen LogP) is 7.59. The predicted molar refractivity (Wildman–Crippen MR) is 162 cm³/mol. The van der Waals surface area contributed by atoms with E-state index >= 15 is 0 Å². The molecule has 0 fully saturated rings. The van der Waals surface area contributed by atoms with E-state index in [1.54, 1.807) is 19.1 Å². The molecule has 0 amide bonds. The molecular weight excluding hydrogens is 594 g/mol. The van der Waals surface area contributed by atoms with Crippen molar-refractivity contribution < 1.29 is 26.3 Å². The van der Waals surface area contributed by atoms with E-state index in [0.29, 0.717) is 18.3 Å². The highest BCUT2D eigenvalue weighted by molar-refractivity contribution is 5.81. The Morgan fingerprint density at radius 1 is 0.911 bits per heavy atom. The van der Waals surface area contributed by atoms with Crippen molar-refractivity contribution >= 4 is 11.6 Å². The molecule has 6 rings (SSSR count). The molecule has 1 atom stereocenters. The molecule has 12 heteroatoms. The Hall–Kier alpha value is -3.41. The number of rotatable bonds is 5. The highest BCUT2D eigenvalue weighted by Gasteiger charge is 2.39. The van der Waals surface area contributed by atoms with E-state index in [-0.39, 0.29) is 24.2 Å². The minimum absolute atomic E-state index is 0.0721. The summed E-state index contributed by atoms with van der Waals surface area (Å²) in [5.74, 6) is 0.943. The van der Waals surface area contributed by atoms with Crippen molar-refractivity contribution in [2.24, 2.45) is 11.0 Å². The molecule has 1 N–H and O–H groups in total. The van der Waals surface area contributed by atoms with E-state index in [1.807, 2.05) is 4.90 Å². The SMILES string of the molecule is Cc1c2c(cc3c1N(CC1CC=CC1)CCC[C@@H]3N(Cc1cc(C(F)(F)F)cc(C(F)(F)F)c1)C1=NN(C)NN1C)CCCC2. The topological polar surface area (TPSA) is 37.4 Å². The molecule has 0 unspecified atom stereocenters. The first-order valence-electron chi connectivity index (χ1n) is 15.7. The van der Waals surface area contributed by atoms with Crippen LogP contribution in [-0.4, -0.2) is 48.2 Å². The van der Waals surface area contributed by atoms with Crippen molar-refractivity contribution in [3.8, 4) is 0 Å². The second-order valence-electron chi connectivity index (χ2n) is 12.8. The number of allylic oxidation sites excluding steroid dienone is 2. The van der Waals surface area contributed by atoms with Gasteiger partial charge in [0.05, 0.1) is 17.2 Å². The average Bonchev–Trinajstić information content (AvgIpc) is 3.56. The smallest absolute Gasteiger partial charge is 0.371 e. The van der Waals surface area contributed by atoms with Crippen molar-refractivity contribution in [2.45, 2.75) is 83.2 Å². The van der Waals surface area contributed by atoms with Crippen molar-refractivity contribution in [1.82, 2.24) is 20.6 Å². The van der Waals surface area contributed by atoms with Gasteiger partial charge >= 0.3 is 12.4 Å². The maximum absolute atomic E-state index is 13.9. The molecule has 2 aliphatic heterocycles. The van der Waals surface area contributed by atoms with Crippen molar-refractivity contribution in [3.63, 3.8) is 0 Å². The highest BCUT2D eigenvalue weighted by Crippen LogP contribution is 2.45. The average molecular weight is 635 g/mol. The molecule has 0 radical (unpaired) electrons. The number of guanidine groups is 1. The first-order valence-corrected chi connectivity index (χ1v) is 15.7. The summed E-state index contributed by atoms with van der Waals surface area (Å²) in [4.78, 5) is 4.38. The second-order valence-corrected chi connectivity index (χ2v) is 12.8. The summed E-state index contributed by atoms with van der Waals surface area (Å²) in [5, 5.41) is 7.78. The molecule has 2 aliphatic carbocycles. The van der Waals surface area contributed by atoms with Gasteiger partial charge < -0.3 is 9.80 Å². The Morgan fingerprint density at radius 3 is 2.20 bits per heavy atom. The molecule has 0 bridgehead atoms. The Kier molecular flexibility index (Phi) is 8.47. The number of hydrogen-bond acceptors (Lipinski definition) is 6. The lowest BCUT2D eigenvalue weighted by atomic mass is 9.83. The Labute approximate surface area is 260 Å². The Morgan fingerprint density at radius 2 is 1.58 bits per heavy atom. The number of aryl methyl sites for hydroxylation is 1. The molecule has 2 aromatic rings. The van der Waals surface area contributed by atoms with E-state index < -0.39 is 23.5 Å². The van der Waals surface area contributed by atoms with Crippen LogP contribution >= 0.6 is 0 Å². The lowest BCUT2D eigenvalue weighted by Gasteiger charge is -2.38. The Bertz CT molecular complexity index is 1440. The number of hydrogen-bond donors (Lipinski definition) is 1. The van der Waals surface area contributed by atoms with Crippen LogP contribution < -0.4 is 10.4 Å². The molecule has 0 aromatic heterocycles. The van der Waals surface area contributed by atoms with E-state index in [2.05, 4.69) is 40.7 Å². The maximum atomic E-state index is 13.9. The number of nitrogens with one attached hydrogen (secondary N) is 1. The number of nitrogens with zero attached hydrogens (tertiary/aromatic N) is 5. The molecule has 244 valence electrons. The summed E-state index contributed by atoms with van der Waals surface area (Å²) in [7, 11) is 3.45. The monoisotopic (exact) mass is 634 g/mol. The van der Waals surface area contributed by atoms with Crippen LogP contribution in [0.25, 0.3) is 0 Å². The van der Waals surface area contributed by atoms with Gasteiger partial charge in [-0.25, -0.2) is 5.12 Å². The second kappa shape index (κ2) is 12.1. The van der Waals surface area contributed by atoms with Gasteiger partial charge in [0, 0.05) is 39.4 Å². The fourth-order valence-electron chi connectivity index (χ4n) is 7.55. The van der Waals surface area contributed by atoms with Gasteiger partial charge in [0.2, 0.25) is 5.96 Å². The Balaban J connectivity index is 1.49. The van der Waals surface area contributed by atoms with Crippen LogP contribution in [0.1, 0.15) is 83.5 Å². The molecule has 0 saturated carbocycles. The molecule has 2 aromatic carbocycles. The summed E-state index contributed by atoms with van der Waals surface area (Å²) < 4.78 is 83.2. The minimum Gasteiger partial charge on any atom is -0.371 e. The van der Waals surface area contributed by atoms with E-state index in [9.17, 15) is 26.3 Å². The van der Waals surface area contributed by atoms with Crippen LogP contribution in [0.15, 0.2) is 41.5 Å². The summed E-state index contributed by atoms with van der Waals surface area (Å²) in [6.45, 7) is 3.74. The third-order valence-electron chi connectivity index (χ3n) is 9.55. The van der Waals surface area contributed by atoms with Crippen LogP contribution in [0.2, 0.25) is 0 Å². The van der Waals surface area contributed by atoms with Gasteiger partial charge in [0.25, 0.3) is 0 Å². The summed E-state index contributed by atoms with van der Waals surface area (Å²) in [5.41, 5.74) is 6.51. The van der Waals surface area contributed by atoms with E-state index in [0.717, 1.165) is 81.4 Å². The third-order valence-corrected chi connectivity index (χ3v) is 9.55.